The van der Waals surface area contributed by atoms with Crippen molar-refractivity contribution >= 4 is 31.9 Å². The van der Waals surface area contributed by atoms with E-state index in [-0.39, 0.29) is 0 Å². The molecule has 1 aliphatic carbocycles. The Morgan fingerprint density at radius 3 is 2.87 bits per heavy atom. The number of aromatic nitrogens is 2. The lowest BCUT2D eigenvalue weighted by atomic mass is 9.93. The van der Waals surface area contributed by atoms with Crippen LogP contribution in [-0.2, 0) is 4.74 Å². The van der Waals surface area contributed by atoms with Gasteiger partial charge in [-0.05, 0) is 57.5 Å². The minimum atomic E-state index is 0.388. The molecule has 0 amide bonds. The normalized spacial score (nSPS) is 26.9. The minimum Gasteiger partial charge on any atom is -0.381 e. The highest BCUT2D eigenvalue weighted by Gasteiger charge is 2.24. The van der Waals surface area contributed by atoms with Crippen molar-refractivity contribution in [2.45, 2.75) is 37.8 Å². The maximum Gasteiger partial charge on any atom is 0.129 e. The van der Waals surface area contributed by atoms with E-state index in [1.54, 1.807) is 7.11 Å². The van der Waals surface area contributed by atoms with E-state index in [2.05, 4.69) is 41.6 Å². The first-order valence-electron chi connectivity index (χ1n) is 5.14. The van der Waals surface area contributed by atoms with Crippen molar-refractivity contribution in [2.75, 3.05) is 7.11 Å². The molecular weight excluding hydrogens is 324 g/mol. The molecule has 1 saturated carbocycles. The summed E-state index contributed by atoms with van der Waals surface area (Å²) < 4.78 is 9.39. The summed E-state index contributed by atoms with van der Waals surface area (Å²) in [5, 5.41) is 4.43. The fourth-order valence-electron chi connectivity index (χ4n) is 2.16. The molecule has 0 spiro atoms. The molecule has 2 atom stereocenters. The van der Waals surface area contributed by atoms with E-state index < -0.39 is 0 Å². The number of halogens is 2. The van der Waals surface area contributed by atoms with Crippen LogP contribution in [0.2, 0.25) is 0 Å². The molecule has 1 aromatic heterocycles. The van der Waals surface area contributed by atoms with E-state index in [0.29, 0.717) is 12.1 Å². The summed E-state index contributed by atoms with van der Waals surface area (Å²) in [6, 6.07) is 2.44. The molecule has 0 radical (unpaired) electrons. The van der Waals surface area contributed by atoms with Gasteiger partial charge in [-0.1, -0.05) is 0 Å². The SMILES string of the molecule is COC1CCCC(n2nc(Br)cc2Br)C1. The number of nitrogens with zero attached hydrogens (tertiary/aromatic N) is 2. The highest BCUT2D eigenvalue weighted by atomic mass is 79.9. The van der Waals surface area contributed by atoms with Crippen LogP contribution in [0, 0.1) is 0 Å². The van der Waals surface area contributed by atoms with Gasteiger partial charge in [0.1, 0.15) is 9.21 Å². The summed E-state index contributed by atoms with van der Waals surface area (Å²) >= 11 is 6.91. The van der Waals surface area contributed by atoms with Gasteiger partial charge in [0, 0.05) is 13.2 Å². The number of rotatable bonds is 2. The average Bonchev–Trinajstić information content (AvgIpc) is 2.58. The topological polar surface area (TPSA) is 27.1 Å². The second-order valence-electron chi connectivity index (χ2n) is 3.91. The van der Waals surface area contributed by atoms with Crippen LogP contribution in [0.15, 0.2) is 15.3 Å². The van der Waals surface area contributed by atoms with Gasteiger partial charge in [-0.25, -0.2) is 0 Å². The zero-order valence-electron chi connectivity index (χ0n) is 8.62. The minimum absolute atomic E-state index is 0.388. The van der Waals surface area contributed by atoms with E-state index in [4.69, 9.17) is 4.74 Å². The highest BCUT2D eigenvalue weighted by molar-refractivity contribution is 9.11. The van der Waals surface area contributed by atoms with Gasteiger partial charge in [0.25, 0.3) is 0 Å². The summed E-state index contributed by atoms with van der Waals surface area (Å²) in [5.74, 6) is 0. The van der Waals surface area contributed by atoms with E-state index in [1.165, 1.54) is 19.3 Å². The van der Waals surface area contributed by atoms with E-state index in [0.717, 1.165) is 15.6 Å². The molecule has 0 bridgehead atoms. The number of ether oxygens (including phenoxy) is 1. The summed E-state index contributed by atoms with van der Waals surface area (Å²) in [6.45, 7) is 0. The molecule has 0 saturated heterocycles. The average molecular weight is 338 g/mol. The van der Waals surface area contributed by atoms with Gasteiger partial charge in [0.15, 0.2) is 0 Å². The fraction of sp³-hybridized carbons (Fsp3) is 0.700. The number of hydrogen-bond donors (Lipinski definition) is 0. The second kappa shape index (κ2) is 4.97. The Labute approximate surface area is 106 Å². The molecule has 0 aromatic carbocycles. The van der Waals surface area contributed by atoms with Crippen LogP contribution >= 0.6 is 31.9 Å². The smallest absolute Gasteiger partial charge is 0.129 e. The quantitative estimate of drug-likeness (QED) is 0.825. The summed E-state index contributed by atoms with van der Waals surface area (Å²) in [5.41, 5.74) is 0. The lowest BCUT2D eigenvalue weighted by Gasteiger charge is -2.28. The van der Waals surface area contributed by atoms with Crippen molar-refractivity contribution in [3.63, 3.8) is 0 Å². The van der Waals surface area contributed by atoms with Crippen molar-refractivity contribution in [2.24, 2.45) is 0 Å². The lowest BCUT2D eigenvalue weighted by Crippen LogP contribution is -2.24. The van der Waals surface area contributed by atoms with E-state index in [9.17, 15) is 0 Å². The van der Waals surface area contributed by atoms with Gasteiger partial charge >= 0.3 is 0 Å². The zero-order chi connectivity index (χ0) is 10.8. The molecule has 0 aliphatic heterocycles. The van der Waals surface area contributed by atoms with Gasteiger partial charge in [0.05, 0.1) is 12.1 Å². The zero-order valence-corrected chi connectivity index (χ0v) is 11.8. The van der Waals surface area contributed by atoms with Crippen LogP contribution in [0.1, 0.15) is 31.7 Å². The van der Waals surface area contributed by atoms with Crippen LogP contribution in [-0.4, -0.2) is 23.0 Å². The standard InChI is InChI=1S/C10H14Br2N2O/c1-15-8-4-2-3-7(5-8)14-10(12)6-9(11)13-14/h6-8H,2-5H2,1H3. The Kier molecular flexibility index (Phi) is 3.85. The fourth-order valence-corrected chi connectivity index (χ4v) is 3.44. The van der Waals surface area contributed by atoms with Crippen molar-refractivity contribution in [1.82, 2.24) is 9.78 Å². The monoisotopic (exact) mass is 336 g/mol. The highest BCUT2D eigenvalue weighted by Crippen LogP contribution is 2.32. The van der Waals surface area contributed by atoms with Gasteiger partial charge in [-0.3, -0.25) is 4.68 Å². The van der Waals surface area contributed by atoms with E-state index in [1.807, 2.05) is 6.07 Å². The van der Waals surface area contributed by atoms with Crippen molar-refractivity contribution < 1.29 is 4.74 Å². The summed E-state index contributed by atoms with van der Waals surface area (Å²) in [4.78, 5) is 0. The van der Waals surface area contributed by atoms with Gasteiger partial charge in [-0.15, -0.1) is 0 Å². The first-order valence-corrected chi connectivity index (χ1v) is 6.72. The second-order valence-corrected chi connectivity index (χ2v) is 5.54. The van der Waals surface area contributed by atoms with Crippen LogP contribution in [0.25, 0.3) is 0 Å². The predicted octanol–water partition coefficient (Wildman–Crippen LogP) is 3.54. The molecule has 1 aliphatic rings. The first-order chi connectivity index (χ1) is 7.20. The Hall–Kier alpha value is 0.130. The van der Waals surface area contributed by atoms with Gasteiger partial charge in [0.2, 0.25) is 0 Å². The van der Waals surface area contributed by atoms with Gasteiger partial charge in [-0.2, -0.15) is 5.10 Å². The third-order valence-electron chi connectivity index (χ3n) is 2.94. The van der Waals surface area contributed by atoms with E-state index >= 15 is 0 Å². The molecule has 5 heteroatoms. The Morgan fingerprint density at radius 2 is 2.27 bits per heavy atom. The molecule has 2 rings (SSSR count). The molecule has 3 nitrogen and oxygen atoms in total. The Morgan fingerprint density at radius 1 is 1.47 bits per heavy atom. The molecule has 84 valence electrons. The Balaban J connectivity index is 2.13. The van der Waals surface area contributed by atoms with Crippen molar-refractivity contribution in [1.29, 1.82) is 0 Å². The molecular formula is C10H14Br2N2O. The Bertz CT molecular complexity index is 340. The van der Waals surface area contributed by atoms with Gasteiger partial charge < -0.3 is 4.74 Å². The number of hydrogen-bond acceptors (Lipinski definition) is 2. The maximum atomic E-state index is 5.42. The maximum absolute atomic E-state index is 5.42. The molecule has 15 heavy (non-hydrogen) atoms. The van der Waals surface area contributed by atoms with Crippen LogP contribution in [0.4, 0.5) is 0 Å². The molecule has 1 heterocycles. The third-order valence-corrected chi connectivity index (χ3v) is 3.92. The molecule has 1 aromatic rings. The molecule has 2 unspecified atom stereocenters. The summed E-state index contributed by atoms with van der Waals surface area (Å²) in [7, 11) is 1.79. The van der Waals surface area contributed by atoms with Crippen molar-refractivity contribution in [3.8, 4) is 0 Å². The lowest BCUT2D eigenvalue weighted by molar-refractivity contribution is 0.0503. The predicted molar refractivity (Wildman–Crippen MR) is 65.9 cm³/mol. The van der Waals surface area contributed by atoms with Crippen molar-refractivity contribution in [3.05, 3.63) is 15.3 Å². The largest absolute Gasteiger partial charge is 0.381 e. The molecule has 1 fully saturated rings. The number of methoxy groups -OCH3 is 1. The van der Waals surface area contributed by atoms with Crippen LogP contribution in [0.5, 0.6) is 0 Å². The van der Waals surface area contributed by atoms with Crippen LogP contribution < -0.4 is 0 Å². The summed E-state index contributed by atoms with van der Waals surface area (Å²) in [6.07, 6.45) is 5.02. The third kappa shape index (κ3) is 2.63. The molecule has 0 N–H and O–H groups in total. The van der Waals surface area contributed by atoms with Crippen LogP contribution in [0.3, 0.4) is 0 Å². The first kappa shape index (κ1) is 11.6.